The van der Waals surface area contributed by atoms with Gasteiger partial charge in [0.1, 0.15) is 5.78 Å². The van der Waals surface area contributed by atoms with Gasteiger partial charge < -0.3 is 14.6 Å². The molecule has 2 saturated heterocycles. The molecule has 6 fully saturated rings. The Balaban J connectivity index is 1.30. The maximum Gasteiger partial charge on any atom is 0.171 e. The molecule has 4 saturated carbocycles. The van der Waals surface area contributed by atoms with Crippen molar-refractivity contribution < 1.29 is 19.4 Å². The molecule has 6 aliphatic rings. The maximum absolute atomic E-state index is 14.0. The maximum atomic E-state index is 14.0. The van der Waals surface area contributed by atoms with Crippen LogP contribution < -0.4 is 0 Å². The van der Waals surface area contributed by atoms with Gasteiger partial charge in [-0.15, -0.1) is 0 Å². The van der Waals surface area contributed by atoms with E-state index in [4.69, 9.17) is 9.47 Å². The molecule has 0 aromatic heterocycles. The number of carbonyl (C=O) groups is 1. The molecule has 1 spiro atoms. The molecular formula is C27H42O4. The van der Waals surface area contributed by atoms with Gasteiger partial charge in [-0.1, -0.05) is 27.7 Å². The van der Waals surface area contributed by atoms with Gasteiger partial charge >= 0.3 is 0 Å². The topological polar surface area (TPSA) is 55.8 Å². The average molecular weight is 431 g/mol. The van der Waals surface area contributed by atoms with Crippen molar-refractivity contribution in [2.75, 3.05) is 6.61 Å². The number of carbonyl (C=O) groups excluding carboxylic acids is 1. The van der Waals surface area contributed by atoms with Crippen LogP contribution in [-0.4, -0.2) is 35.5 Å². The van der Waals surface area contributed by atoms with E-state index >= 15 is 0 Å². The van der Waals surface area contributed by atoms with Crippen molar-refractivity contribution in [3.05, 3.63) is 0 Å². The fourth-order valence-corrected chi connectivity index (χ4v) is 9.93. The van der Waals surface area contributed by atoms with Crippen LogP contribution in [0, 0.1) is 52.3 Å². The second-order valence-corrected chi connectivity index (χ2v) is 13.0. The van der Waals surface area contributed by atoms with Crippen molar-refractivity contribution in [3.8, 4) is 0 Å². The smallest absolute Gasteiger partial charge is 0.171 e. The van der Waals surface area contributed by atoms with Gasteiger partial charge in [0.15, 0.2) is 5.79 Å². The van der Waals surface area contributed by atoms with Gasteiger partial charge in [0.2, 0.25) is 0 Å². The summed E-state index contributed by atoms with van der Waals surface area (Å²) in [6.07, 6.45) is 9.39. The highest BCUT2D eigenvalue weighted by atomic mass is 16.7. The molecular weight excluding hydrogens is 388 g/mol. The Morgan fingerprint density at radius 2 is 1.81 bits per heavy atom. The molecule has 0 bridgehead atoms. The van der Waals surface area contributed by atoms with Crippen LogP contribution in [0.4, 0.5) is 0 Å². The first kappa shape index (κ1) is 21.1. The number of aliphatic hydroxyl groups excluding tert-OH is 1. The Labute approximate surface area is 187 Å². The van der Waals surface area contributed by atoms with Crippen molar-refractivity contribution in [2.45, 2.75) is 103 Å². The van der Waals surface area contributed by atoms with Gasteiger partial charge in [-0.2, -0.15) is 0 Å². The quantitative estimate of drug-likeness (QED) is 0.589. The van der Waals surface area contributed by atoms with Crippen LogP contribution in [0.5, 0.6) is 0 Å². The minimum Gasteiger partial charge on any atom is -0.393 e. The molecule has 0 amide bonds. The van der Waals surface area contributed by atoms with Gasteiger partial charge in [-0.3, -0.25) is 4.79 Å². The van der Waals surface area contributed by atoms with Gasteiger partial charge in [0, 0.05) is 30.1 Å². The number of rotatable bonds is 0. The molecule has 4 aliphatic carbocycles. The fourth-order valence-electron chi connectivity index (χ4n) is 9.93. The van der Waals surface area contributed by atoms with E-state index in [1.54, 1.807) is 0 Å². The van der Waals surface area contributed by atoms with E-state index in [2.05, 4.69) is 27.7 Å². The highest BCUT2D eigenvalue weighted by Crippen LogP contribution is 2.70. The zero-order chi connectivity index (χ0) is 21.8. The van der Waals surface area contributed by atoms with E-state index in [1.165, 1.54) is 12.8 Å². The zero-order valence-corrected chi connectivity index (χ0v) is 19.9. The van der Waals surface area contributed by atoms with Gasteiger partial charge in [-0.05, 0) is 80.0 Å². The number of Topliss-reactive ketones (excluding diaryl/α,β-unsaturated/α-hetero) is 1. The molecule has 6 rings (SSSR count). The molecule has 2 aliphatic heterocycles. The molecule has 2 heterocycles. The molecule has 0 radical (unpaired) electrons. The van der Waals surface area contributed by atoms with Gasteiger partial charge in [0.05, 0.1) is 18.8 Å². The predicted molar refractivity (Wildman–Crippen MR) is 118 cm³/mol. The summed E-state index contributed by atoms with van der Waals surface area (Å²) in [4.78, 5) is 14.0. The minimum absolute atomic E-state index is 0.131. The Morgan fingerprint density at radius 1 is 1.00 bits per heavy atom. The van der Waals surface area contributed by atoms with Crippen LogP contribution in [-0.2, 0) is 14.3 Å². The number of hydrogen-bond acceptors (Lipinski definition) is 4. The number of hydrogen-bond donors (Lipinski definition) is 1. The molecule has 4 heteroatoms. The molecule has 5 unspecified atom stereocenters. The van der Waals surface area contributed by atoms with Crippen molar-refractivity contribution in [1.82, 2.24) is 0 Å². The SMILES string of the molecule is CC1CC[C@@]2(OC1)O[C@H]1CC3C4CC[C@H]5C[C@@H](O)CC[C@@]5(C)C4CC(=O)[C@]3(C)C1[C@@H]2C. The van der Waals surface area contributed by atoms with Crippen molar-refractivity contribution >= 4 is 5.78 Å². The van der Waals surface area contributed by atoms with E-state index in [0.717, 1.165) is 51.6 Å². The van der Waals surface area contributed by atoms with Crippen LogP contribution in [0.2, 0.25) is 0 Å². The number of fused-ring (bicyclic) bond motifs is 7. The van der Waals surface area contributed by atoms with E-state index < -0.39 is 5.79 Å². The van der Waals surface area contributed by atoms with Gasteiger partial charge in [-0.25, -0.2) is 0 Å². The summed E-state index contributed by atoms with van der Waals surface area (Å²) in [6, 6.07) is 0. The Morgan fingerprint density at radius 3 is 2.55 bits per heavy atom. The summed E-state index contributed by atoms with van der Waals surface area (Å²) in [5, 5.41) is 10.3. The lowest BCUT2D eigenvalue weighted by Gasteiger charge is -2.60. The van der Waals surface area contributed by atoms with E-state index in [0.29, 0.717) is 41.3 Å². The third-order valence-corrected chi connectivity index (χ3v) is 11.8. The summed E-state index contributed by atoms with van der Waals surface area (Å²) in [6.45, 7) is 10.1. The third kappa shape index (κ3) is 2.68. The first-order valence-electron chi connectivity index (χ1n) is 13.2. The van der Waals surface area contributed by atoms with E-state index in [1.807, 2.05) is 0 Å². The molecule has 0 aromatic carbocycles. The van der Waals surface area contributed by atoms with E-state index in [-0.39, 0.29) is 29.0 Å². The molecule has 31 heavy (non-hydrogen) atoms. The standard InChI is InChI=1S/C27H42O4/c1-15-7-10-27(30-14-15)16(2)24-22(31-27)12-21-19-6-5-17-11-18(28)8-9-25(17,3)20(19)13-23(29)26(21,24)4/h15-22,24,28H,5-14H2,1-4H3/t15?,16-,17-,18-,19?,20?,21?,22-,24?,25+,26+,27+/m0/s1. The monoisotopic (exact) mass is 430 g/mol. The largest absolute Gasteiger partial charge is 0.393 e. The van der Waals surface area contributed by atoms with Crippen molar-refractivity contribution in [1.29, 1.82) is 0 Å². The highest BCUT2D eigenvalue weighted by Gasteiger charge is 2.71. The summed E-state index contributed by atoms with van der Waals surface area (Å²) in [5.74, 6) is 3.45. The zero-order valence-electron chi connectivity index (χ0n) is 19.9. The molecule has 1 N–H and O–H groups in total. The normalized spacial score (nSPS) is 60.9. The molecule has 0 aromatic rings. The third-order valence-electron chi connectivity index (χ3n) is 11.8. The number of ketones is 1. The Bertz CT molecular complexity index is 756. The van der Waals surface area contributed by atoms with Gasteiger partial charge in [0.25, 0.3) is 0 Å². The highest BCUT2D eigenvalue weighted by molar-refractivity contribution is 5.87. The van der Waals surface area contributed by atoms with Crippen LogP contribution in [0.25, 0.3) is 0 Å². The van der Waals surface area contributed by atoms with Crippen molar-refractivity contribution in [2.24, 2.45) is 52.3 Å². The molecule has 174 valence electrons. The number of aliphatic hydroxyl groups is 1. The lowest BCUT2D eigenvalue weighted by atomic mass is 9.44. The van der Waals surface area contributed by atoms with Crippen LogP contribution in [0.1, 0.15) is 85.5 Å². The Kier molecular flexibility index (Phi) is 4.62. The van der Waals surface area contributed by atoms with Crippen molar-refractivity contribution in [3.63, 3.8) is 0 Å². The minimum atomic E-state index is -0.448. The fraction of sp³-hybridized carbons (Fsp3) is 0.963. The van der Waals surface area contributed by atoms with Crippen LogP contribution in [0.15, 0.2) is 0 Å². The summed E-state index contributed by atoms with van der Waals surface area (Å²) < 4.78 is 13.2. The Hall–Kier alpha value is -0.450. The summed E-state index contributed by atoms with van der Waals surface area (Å²) in [5.41, 5.74) is -0.0221. The summed E-state index contributed by atoms with van der Waals surface area (Å²) in [7, 11) is 0. The second-order valence-electron chi connectivity index (χ2n) is 13.0. The molecule has 4 nitrogen and oxygen atoms in total. The predicted octanol–water partition coefficient (Wildman–Crippen LogP) is 4.97. The molecule has 12 atom stereocenters. The lowest BCUT2D eigenvalue weighted by molar-refractivity contribution is -0.272. The lowest BCUT2D eigenvalue weighted by Crippen LogP contribution is -2.58. The first-order chi connectivity index (χ1) is 14.7. The van der Waals surface area contributed by atoms with E-state index in [9.17, 15) is 9.90 Å². The average Bonchev–Trinajstić information content (AvgIpc) is 3.18. The van der Waals surface area contributed by atoms with Crippen LogP contribution >= 0.6 is 0 Å². The second kappa shape index (κ2) is 6.79. The van der Waals surface area contributed by atoms with Crippen LogP contribution in [0.3, 0.4) is 0 Å². The number of ether oxygens (including phenoxy) is 2. The summed E-state index contributed by atoms with van der Waals surface area (Å²) >= 11 is 0. The first-order valence-corrected chi connectivity index (χ1v) is 13.2.